The number of hydrogen-bond donors (Lipinski definition) is 0. The zero-order chi connectivity index (χ0) is 22.2. The second-order valence-electron chi connectivity index (χ2n) is 9.61. The topological polar surface area (TPSA) is 9.23 Å². The molecule has 0 amide bonds. The van der Waals surface area contributed by atoms with E-state index in [0.29, 0.717) is 17.8 Å². The summed E-state index contributed by atoms with van der Waals surface area (Å²) in [5.74, 6) is 2.65. The molecule has 1 unspecified atom stereocenters. The van der Waals surface area contributed by atoms with Crippen LogP contribution < -0.4 is 4.74 Å². The lowest BCUT2D eigenvalue weighted by Gasteiger charge is -2.50. The van der Waals surface area contributed by atoms with E-state index in [1.54, 1.807) is 0 Å². The Morgan fingerprint density at radius 2 is 1.34 bits per heavy atom. The Morgan fingerprint density at radius 3 is 1.86 bits per heavy atom. The summed E-state index contributed by atoms with van der Waals surface area (Å²) in [6.07, 6.45) is 9.27. The molecule has 0 saturated carbocycles. The molecule has 0 aliphatic rings. The molecule has 3 heteroatoms. The van der Waals surface area contributed by atoms with Gasteiger partial charge in [0.2, 0.25) is 0 Å². The molecule has 168 valence electrons. The van der Waals surface area contributed by atoms with Crippen LogP contribution in [0.3, 0.4) is 0 Å². The molecule has 0 radical (unpaired) electrons. The first-order valence-electron chi connectivity index (χ1n) is 11.7. The predicted molar refractivity (Wildman–Crippen MR) is 136 cm³/mol. The van der Waals surface area contributed by atoms with Gasteiger partial charge in [-0.15, -0.1) is 0 Å². The molecule has 0 heterocycles. The van der Waals surface area contributed by atoms with Gasteiger partial charge in [-0.3, -0.25) is 0 Å². The number of ether oxygens (including phenoxy) is 1. The van der Waals surface area contributed by atoms with Crippen molar-refractivity contribution in [1.29, 1.82) is 0 Å². The minimum absolute atomic E-state index is 0.143. The van der Waals surface area contributed by atoms with E-state index in [9.17, 15) is 0 Å². The average molecular weight is 532 g/mol. The van der Waals surface area contributed by atoms with E-state index >= 15 is 0 Å². The smallest absolute Gasteiger partial charge is 0.134 e. The van der Waals surface area contributed by atoms with Crippen molar-refractivity contribution in [3.05, 3.63) is 26.6 Å². The van der Waals surface area contributed by atoms with Crippen LogP contribution in [0.15, 0.2) is 21.1 Å². The SMILES string of the molecule is CCCCCCCCC(Oc1ccc(Br)c(C)c1Br)C(C(C)C)(C(C)C)C(C)C. The van der Waals surface area contributed by atoms with E-state index in [2.05, 4.69) is 99.4 Å². The molecule has 1 aromatic rings. The van der Waals surface area contributed by atoms with Gasteiger partial charge in [0, 0.05) is 9.89 Å². The standard InChI is InChI=1S/C26H44Br2O/c1-9-10-11-12-13-14-15-24(26(18(2)3,19(4)5)20(6)7)29-23-17-16-22(27)21(8)25(23)28/h16-20,24H,9-15H2,1-8H3. The third-order valence-corrected chi connectivity index (χ3v) is 8.78. The lowest BCUT2D eigenvalue weighted by molar-refractivity contribution is -0.0717. The van der Waals surface area contributed by atoms with Crippen molar-refractivity contribution in [2.45, 2.75) is 106 Å². The van der Waals surface area contributed by atoms with Crippen LogP contribution in [0.5, 0.6) is 5.75 Å². The predicted octanol–water partition coefficient (Wildman–Crippen LogP) is 9.97. The molecule has 0 aromatic heterocycles. The molecular weight excluding hydrogens is 488 g/mol. The number of rotatable bonds is 13. The highest BCUT2D eigenvalue weighted by atomic mass is 79.9. The fourth-order valence-electron chi connectivity index (χ4n) is 5.52. The van der Waals surface area contributed by atoms with E-state index in [-0.39, 0.29) is 11.5 Å². The lowest BCUT2D eigenvalue weighted by Crippen LogP contribution is -2.51. The lowest BCUT2D eigenvalue weighted by atomic mass is 9.58. The van der Waals surface area contributed by atoms with Crippen LogP contribution in [0.4, 0.5) is 0 Å². The van der Waals surface area contributed by atoms with Crippen molar-refractivity contribution in [2.75, 3.05) is 0 Å². The highest BCUT2D eigenvalue weighted by Crippen LogP contribution is 2.49. The maximum absolute atomic E-state index is 6.89. The van der Waals surface area contributed by atoms with E-state index < -0.39 is 0 Å². The summed E-state index contributed by atoms with van der Waals surface area (Å²) in [7, 11) is 0. The van der Waals surface area contributed by atoms with Crippen molar-refractivity contribution < 1.29 is 4.74 Å². The van der Waals surface area contributed by atoms with Crippen LogP contribution in [0.25, 0.3) is 0 Å². The summed E-state index contributed by atoms with van der Waals surface area (Å²) in [6.45, 7) is 18.7. The number of unbranched alkanes of at least 4 members (excludes halogenated alkanes) is 5. The monoisotopic (exact) mass is 530 g/mol. The zero-order valence-electron chi connectivity index (χ0n) is 20.1. The second kappa shape index (κ2) is 12.7. The van der Waals surface area contributed by atoms with Crippen LogP contribution in [-0.4, -0.2) is 6.10 Å². The van der Waals surface area contributed by atoms with Gasteiger partial charge in [0.05, 0.1) is 4.47 Å². The van der Waals surface area contributed by atoms with Crippen LogP contribution in [0, 0.1) is 30.1 Å². The van der Waals surface area contributed by atoms with Gasteiger partial charge in [0.15, 0.2) is 0 Å². The summed E-state index contributed by atoms with van der Waals surface area (Å²) < 4.78 is 9.08. The highest BCUT2D eigenvalue weighted by Gasteiger charge is 2.48. The average Bonchev–Trinajstić information content (AvgIpc) is 2.64. The van der Waals surface area contributed by atoms with Gasteiger partial charge in [-0.25, -0.2) is 0 Å². The molecule has 1 aromatic carbocycles. The van der Waals surface area contributed by atoms with Gasteiger partial charge in [0.25, 0.3) is 0 Å². The van der Waals surface area contributed by atoms with E-state index in [0.717, 1.165) is 21.1 Å². The molecule has 29 heavy (non-hydrogen) atoms. The molecule has 1 atom stereocenters. The number of hydrogen-bond acceptors (Lipinski definition) is 1. The van der Waals surface area contributed by atoms with Crippen molar-refractivity contribution in [3.8, 4) is 5.75 Å². The summed E-state index contributed by atoms with van der Waals surface area (Å²) >= 11 is 7.43. The Hall–Kier alpha value is -0.0200. The molecule has 0 spiro atoms. The number of halogens is 2. The molecular formula is C26H44Br2O. The van der Waals surface area contributed by atoms with Crippen LogP contribution >= 0.6 is 31.9 Å². The van der Waals surface area contributed by atoms with Crippen molar-refractivity contribution in [3.63, 3.8) is 0 Å². The van der Waals surface area contributed by atoms with Gasteiger partial charge in [-0.1, -0.05) is 96.5 Å². The summed E-state index contributed by atoms with van der Waals surface area (Å²) in [4.78, 5) is 0. The Kier molecular flexibility index (Phi) is 11.9. The largest absolute Gasteiger partial charge is 0.489 e. The van der Waals surface area contributed by atoms with Gasteiger partial charge >= 0.3 is 0 Å². The first-order chi connectivity index (χ1) is 13.6. The Labute approximate surface area is 198 Å². The quantitative estimate of drug-likeness (QED) is 0.230. The molecule has 0 saturated heterocycles. The number of benzene rings is 1. The molecule has 0 N–H and O–H groups in total. The molecule has 0 bridgehead atoms. The van der Waals surface area contributed by atoms with E-state index in [4.69, 9.17) is 4.74 Å². The zero-order valence-corrected chi connectivity index (χ0v) is 23.3. The van der Waals surface area contributed by atoms with Gasteiger partial charge in [0.1, 0.15) is 11.9 Å². The summed E-state index contributed by atoms with van der Waals surface area (Å²) in [5.41, 5.74) is 1.34. The van der Waals surface area contributed by atoms with Gasteiger partial charge in [-0.2, -0.15) is 0 Å². The molecule has 1 nitrogen and oxygen atoms in total. The molecule has 1 rings (SSSR count). The summed E-state index contributed by atoms with van der Waals surface area (Å²) in [6, 6.07) is 4.22. The first-order valence-corrected chi connectivity index (χ1v) is 13.3. The van der Waals surface area contributed by atoms with Crippen LogP contribution in [0.1, 0.15) is 99.0 Å². The van der Waals surface area contributed by atoms with E-state index in [1.807, 2.05) is 0 Å². The first kappa shape index (κ1) is 27.0. The molecule has 0 aliphatic heterocycles. The Balaban J connectivity index is 3.18. The molecule has 0 aliphatic carbocycles. The fraction of sp³-hybridized carbons (Fsp3) is 0.769. The summed E-state index contributed by atoms with van der Waals surface area (Å²) in [5, 5.41) is 0. The second-order valence-corrected chi connectivity index (χ2v) is 11.3. The normalized spacial score (nSPS) is 13.6. The molecule has 0 fully saturated rings. The van der Waals surface area contributed by atoms with Crippen LogP contribution in [-0.2, 0) is 0 Å². The van der Waals surface area contributed by atoms with Gasteiger partial charge in [-0.05, 0) is 71.1 Å². The maximum atomic E-state index is 6.89. The van der Waals surface area contributed by atoms with Crippen LogP contribution in [0.2, 0.25) is 0 Å². The van der Waals surface area contributed by atoms with Crippen molar-refractivity contribution in [2.24, 2.45) is 23.2 Å². The minimum Gasteiger partial charge on any atom is -0.489 e. The third kappa shape index (κ3) is 6.73. The Morgan fingerprint density at radius 1 is 0.828 bits per heavy atom. The Bertz CT molecular complexity index is 585. The third-order valence-electron chi connectivity index (χ3n) is 6.93. The fourth-order valence-corrected chi connectivity index (χ4v) is 6.55. The van der Waals surface area contributed by atoms with E-state index in [1.165, 1.54) is 44.1 Å². The van der Waals surface area contributed by atoms with Gasteiger partial charge < -0.3 is 4.74 Å². The highest BCUT2D eigenvalue weighted by molar-refractivity contribution is 9.11. The van der Waals surface area contributed by atoms with Crippen molar-refractivity contribution in [1.82, 2.24) is 0 Å². The maximum Gasteiger partial charge on any atom is 0.134 e. The minimum atomic E-state index is 0.143. The van der Waals surface area contributed by atoms with Crippen molar-refractivity contribution >= 4 is 31.9 Å².